The summed E-state index contributed by atoms with van der Waals surface area (Å²) >= 11 is 1.42. The molecule has 3 rings (SSSR count). The van der Waals surface area contributed by atoms with Crippen molar-refractivity contribution in [2.24, 2.45) is 0 Å². The average Bonchev–Trinajstić information content (AvgIpc) is 3.05. The Hall–Kier alpha value is -3.63. The predicted octanol–water partition coefficient (Wildman–Crippen LogP) is 4.57. The van der Waals surface area contributed by atoms with Crippen LogP contribution in [-0.4, -0.2) is 11.8 Å². The molecule has 0 aliphatic carbocycles. The first-order valence-electron chi connectivity index (χ1n) is 9.50. The van der Waals surface area contributed by atoms with Gasteiger partial charge in [-0.2, -0.15) is 5.26 Å². The lowest BCUT2D eigenvalue weighted by Crippen LogP contribution is -2.13. The lowest BCUT2D eigenvalue weighted by molar-refractivity contribution is -0.114. The molecule has 152 valence electrons. The Labute approximate surface area is 179 Å². The highest BCUT2D eigenvalue weighted by molar-refractivity contribution is 7.16. The molecule has 2 aromatic carbocycles. The van der Waals surface area contributed by atoms with Crippen molar-refractivity contribution < 1.29 is 9.59 Å². The van der Waals surface area contributed by atoms with Crippen LogP contribution in [0.15, 0.2) is 48.5 Å². The molecule has 3 aromatic rings. The minimum Gasteiger partial charge on any atom is -0.397 e. The Balaban J connectivity index is 1.78. The van der Waals surface area contributed by atoms with Crippen LogP contribution in [0.2, 0.25) is 0 Å². The van der Waals surface area contributed by atoms with Crippen LogP contribution in [0.5, 0.6) is 0 Å². The summed E-state index contributed by atoms with van der Waals surface area (Å²) in [6.07, 6.45) is 1.32. The molecule has 7 heteroatoms. The third-order valence-electron chi connectivity index (χ3n) is 4.64. The number of para-hydroxylation sites is 2. The summed E-state index contributed by atoms with van der Waals surface area (Å²) in [5, 5.41) is 15.7. The summed E-state index contributed by atoms with van der Waals surface area (Å²) in [6, 6.07) is 16.6. The normalized spacial score (nSPS) is 10.3. The van der Waals surface area contributed by atoms with Gasteiger partial charge in [0.25, 0.3) is 5.91 Å². The fraction of sp³-hybridized carbons (Fsp3) is 0.174. The fourth-order valence-electron chi connectivity index (χ4n) is 3.16. The first kappa shape index (κ1) is 21.1. The smallest absolute Gasteiger partial charge is 0.255 e. The number of nitrogens with one attached hydrogen (secondary N) is 2. The molecular weight excluding hydrogens is 396 g/mol. The molecule has 0 aliphatic heterocycles. The van der Waals surface area contributed by atoms with Crippen molar-refractivity contribution in [2.75, 3.05) is 16.4 Å². The fourth-order valence-corrected chi connectivity index (χ4v) is 4.48. The molecule has 2 amide bonds. The first-order valence-corrected chi connectivity index (χ1v) is 10.3. The molecule has 1 heterocycles. The standard InChI is InChI=1S/C23H22N4O2S/c1-3-17-18(13-24)23(26-14(2)28)30-21(17)12-15-8-10-16(11-9-15)22(29)27-20-7-5-4-6-19(20)25/h4-11H,3,12,25H2,1-2H3,(H,26,28)(H,27,29). The van der Waals surface area contributed by atoms with Gasteiger partial charge in [0.2, 0.25) is 5.91 Å². The molecule has 4 N–H and O–H groups in total. The number of hydrogen-bond donors (Lipinski definition) is 3. The van der Waals surface area contributed by atoms with Gasteiger partial charge in [0.05, 0.1) is 16.9 Å². The zero-order chi connectivity index (χ0) is 21.7. The van der Waals surface area contributed by atoms with E-state index in [1.807, 2.05) is 31.2 Å². The Morgan fingerprint density at radius 1 is 1.10 bits per heavy atom. The van der Waals surface area contributed by atoms with Crippen LogP contribution in [0, 0.1) is 11.3 Å². The van der Waals surface area contributed by atoms with E-state index in [1.54, 1.807) is 24.3 Å². The van der Waals surface area contributed by atoms with E-state index in [2.05, 4.69) is 16.7 Å². The van der Waals surface area contributed by atoms with Gasteiger partial charge in [0.15, 0.2) is 0 Å². The number of thiophene rings is 1. The van der Waals surface area contributed by atoms with Crippen LogP contribution in [-0.2, 0) is 17.6 Å². The number of benzene rings is 2. The molecule has 0 unspecified atom stereocenters. The summed E-state index contributed by atoms with van der Waals surface area (Å²) in [5.74, 6) is -0.430. The summed E-state index contributed by atoms with van der Waals surface area (Å²) in [6.45, 7) is 3.42. The van der Waals surface area contributed by atoms with Crippen LogP contribution in [0.1, 0.15) is 45.8 Å². The number of anilines is 3. The highest BCUT2D eigenvalue weighted by Crippen LogP contribution is 2.35. The van der Waals surface area contributed by atoms with Gasteiger partial charge in [-0.3, -0.25) is 9.59 Å². The van der Waals surface area contributed by atoms with Crippen LogP contribution in [0.4, 0.5) is 16.4 Å². The quantitative estimate of drug-likeness (QED) is 0.510. The van der Waals surface area contributed by atoms with E-state index in [4.69, 9.17) is 5.73 Å². The van der Waals surface area contributed by atoms with Crippen molar-refractivity contribution >= 4 is 39.5 Å². The molecule has 1 aromatic heterocycles. The molecule has 30 heavy (non-hydrogen) atoms. The van der Waals surface area contributed by atoms with Crippen LogP contribution >= 0.6 is 11.3 Å². The number of nitrogen functional groups attached to an aromatic ring is 1. The van der Waals surface area contributed by atoms with Gasteiger partial charge >= 0.3 is 0 Å². The second-order valence-electron chi connectivity index (χ2n) is 6.77. The Morgan fingerprint density at radius 3 is 2.40 bits per heavy atom. The van der Waals surface area contributed by atoms with Gasteiger partial charge in [0, 0.05) is 23.8 Å². The van der Waals surface area contributed by atoms with Gasteiger partial charge in [-0.05, 0) is 41.8 Å². The number of nitriles is 1. The van der Waals surface area contributed by atoms with Crippen molar-refractivity contribution in [3.8, 4) is 6.07 Å². The minimum atomic E-state index is -0.232. The van der Waals surface area contributed by atoms with Crippen molar-refractivity contribution in [3.63, 3.8) is 0 Å². The van der Waals surface area contributed by atoms with E-state index in [0.717, 1.165) is 16.0 Å². The monoisotopic (exact) mass is 418 g/mol. The van der Waals surface area contributed by atoms with E-state index in [9.17, 15) is 14.9 Å². The van der Waals surface area contributed by atoms with Crippen LogP contribution in [0.3, 0.4) is 0 Å². The SMILES string of the molecule is CCc1c(Cc2ccc(C(=O)Nc3ccccc3N)cc2)sc(NC(C)=O)c1C#N. The molecular formula is C23H22N4O2S. The molecule has 0 fully saturated rings. The topological polar surface area (TPSA) is 108 Å². The molecule has 0 bridgehead atoms. The average molecular weight is 419 g/mol. The van der Waals surface area contributed by atoms with Crippen molar-refractivity contribution in [1.29, 1.82) is 5.26 Å². The molecule has 0 atom stereocenters. The number of carbonyl (C=O) groups excluding carboxylic acids is 2. The summed E-state index contributed by atoms with van der Waals surface area (Å²) < 4.78 is 0. The Bertz CT molecular complexity index is 1130. The second kappa shape index (κ2) is 9.25. The van der Waals surface area contributed by atoms with E-state index in [1.165, 1.54) is 18.3 Å². The summed E-state index contributed by atoms with van der Waals surface area (Å²) in [7, 11) is 0. The van der Waals surface area contributed by atoms with Crippen LogP contribution in [0.25, 0.3) is 0 Å². The first-order chi connectivity index (χ1) is 14.4. The number of carbonyl (C=O) groups is 2. The molecule has 0 radical (unpaired) electrons. The molecule has 0 spiro atoms. The van der Waals surface area contributed by atoms with Crippen molar-refractivity contribution in [1.82, 2.24) is 0 Å². The van der Waals surface area contributed by atoms with Gasteiger partial charge in [-0.25, -0.2) is 0 Å². The number of amides is 2. The Morgan fingerprint density at radius 2 is 1.80 bits per heavy atom. The minimum absolute atomic E-state index is 0.198. The van der Waals surface area contributed by atoms with Gasteiger partial charge in [0.1, 0.15) is 11.1 Å². The zero-order valence-electron chi connectivity index (χ0n) is 16.8. The number of nitrogens with zero attached hydrogens (tertiary/aromatic N) is 1. The second-order valence-corrected chi connectivity index (χ2v) is 7.87. The number of nitrogens with two attached hydrogens (primary N) is 1. The third kappa shape index (κ3) is 4.67. The van der Waals surface area contributed by atoms with Gasteiger partial charge in [-0.15, -0.1) is 11.3 Å². The van der Waals surface area contributed by atoms with E-state index < -0.39 is 0 Å². The largest absolute Gasteiger partial charge is 0.397 e. The molecule has 0 aliphatic rings. The van der Waals surface area contributed by atoms with Crippen molar-refractivity contribution in [3.05, 3.63) is 75.7 Å². The van der Waals surface area contributed by atoms with Gasteiger partial charge < -0.3 is 16.4 Å². The maximum atomic E-state index is 12.5. The van der Waals surface area contributed by atoms with Gasteiger partial charge in [-0.1, -0.05) is 31.2 Å². The molecule has 0 saturated heterocycles. The van der Waals surface area contributed by atoms with E-state index in [-0.39, 0.29) is 11.8 Å². The lowest BCUT2D eigenvalue weighted by Gasteiger charge is -2.08. The summed E-state index contributed by atoms with van der Waals surface area (Å²) in [5.41, 5.74) is 9.99. The van der Waals surface area contributed by atoms with E-state index in [0.29, 0.717) is 40.3 Å². The highest BCUT2D eigenvalue weighted by Gasteiger charge is 2.18. The van der Waals surface area contributed by atoms with Crippen molar-refractivity contribution in [2.45, 2.75) is 26.7 Å². The molecule has 0 saturated carbocycles. The third-order valence-corrected chi connectivity index (χ3v) is 5.78. The van der Waals surface area contributed by atoms with E-state index >= 15 is 0 Å². The lowest BCUT2D eigenvalue weighted by atomic mass is 10.0. The predicted molar refractivity (Wildman–Crippen MR) is 121 cm³/mol. The summed E-state index contributed by atoms with van der Waals surface area (Å²) in [4.78, 5) is 25.0. The number of rotatable bonds is 6. The molecule has 6 nitrogen and oxygen atoms in total. The highest BCUT2D eigenvalue weighted by atomic mass is 32.1. The maximum Gasteiger partial charge on any atom is 0.255 e. The Kier molecular flexibility index (Phi) is 6.50. The number of hydrogen-bond acceptors (Lipinski definition) is 5. The maximum absolute atomic E-state index is 12.5. The van der Waals surface area contributed by atoms with Crippen LogP contribution < -0.4 is 16.4 Å². The zero-order valence-corrected chi connectivity index (χ0v) is 17.6.